The number of aromatic amines is 1. The highest BCUT2D eigenvalue weighted by Gasteiger charge is 2.05. The van der Waals surface area contributed by atoms with Crippen LogP contribution in [0.3, 0.4) is 0 Å². The number of rotatable bonds is 6. The first-order valence-corrected chi connectivity index (χ1v) is 8.84. The van der Waals surface area contributed by atoms with Crippen molar-refractivity contribution in [3.05, 3.63) is 64.8 Å². The SMILES string of the molecule is CN=C(NCCc1ccc(Cl)nc1)NCCc1c[nH]c2ccc(F)cc12. The van der Waals surface area contributed by atoms with Gasteiger partial charge in [0.25, 0.3) is 0 Å². The molecule has 2 aromatic heterocycles. The Kier molecular flexibility index (Phi) is 6.07. The predicted octanol–water partition coefficient (Wildman–Crippen LogP) is 3.31. The Morgan fingerprint density at radius 1 is 1.19 bits per heavy atom. The number of aromatic nitrogens is 2. The van der Waals surface area contributed by atoms with E-state index in [1.54, 1.807) is 31.4 Å². The normalized spacial score (nSPS) is 11.7. The molecule has 0 unspecified atom stereocenters. The Balaban J connectivity index is 1.46. The maximum absolute atomic E-state index is 13.4. The highest BCUT2D eigenvalue weighted by molar-refractivity contribution is 6.29. The van der Waals surface area contributed by atoms with Gasteiger partial charge in [-0.2, -0.15) is 0 Å². The molecule has 7 heteroatoms. The number of pyridine rings is 1. The van der Waals surface area contributed by atoms with E-state index >= 15 is 0 Å². The van der Waals surface area contributed by atoms with Crippen molar-refractivity contribution < 1.29 is 4.39 Å². The number of H-pyrrole nitrogens is 1. The van der Waals surface area contributed by atoms with E-state index in [1.807, 2.05) is 12.3 Å². The number of nitrogens with one attached hydrogen (secondary N) is 3. The van der Waals surface area contributed by atoms with Crippen LogP contribution in [0.2, 0.25) is 5.15 Å². The molecule has 0 saturated carbocycles. The Hall–Kier alpha value is -2.60. The fourth-order valence-electron chi connectivity index (χ4n) is 2.77. The molecule has 0 spiro atoms. The summed E-state index contributed by atoms with van der Waals surface area (Å²) >= 11 is 5.78. The second-order valence-electron chi connectivity index (χ2n) is 5.92. The molecular formula is C19H21ClFN5. The van der Waals surface area contributed by atoms with E-state index in [9.17, 15) is 4.39 Å². The lowest BCUT2D eigenvalue weighted by Gasteiger charge is -2.11. The van der Waals surface area contributed by atoms with E-state index in [2.05, 4.69) is 25.6 Å². The van der Waals surface area contributed by atoms with Gasteiger partial charge in [0.2, 0.25) is 0 Å². The van der Waals surface area contributed by atoms with Crippen molar-refractivity contribution in [1.29, 1.82) is 0 Å². The van der Waals surface area contributed by atoms with Gasteiger partial charge < -0.3 is 15.6 Å². The lowest BCUT2D eigenvalue weighted by Crippen LogP contribution is -2.39. The lowest BCUT2D eigenvalue weighted by atomic mass is 10.1. The zero-order chi connectivity index (χ0) is 18.4. The summed E-state index contributed by atoms with van der Waals surface area (Å²) in [5.41, 5.74) is 3.13. The van der Waals surface area contributed by atoms with E-state index in [-0.39, 0.29) is 5.82 Å². The highest BCUT2D eigenvalue weighted by atomic mass is 35.5. The Labute approximate surface area is 156 Å². The van der Waals surface area contributed by atoms with Crippen LogP contribution in [-0.4, -0.2) is 36.1 Å². The van der Waals surface area contributed by atoms with Crippen LogP contribution in [0.4, 0.5) is 4.39 Å². The van der Waals surface area contributed by atoms with Crippen molar-refractivity contribution in [2.45, 2.75) is 12.8 Å². The third-order valence-electron chi connectivity index (χ3n) is 4.13. The monoisotopic (exact) mass is 373 g/mol. The molecule has 26 heavy (non-hydrogen) atoms. The summed E-state index contributed by atoms with van der Waals surface area (Å²) in [6, 6.07) is 8.53. The molecule has 0 bridgehead atoms. The minimum atomic E-state index is -0.222. The van der Waals surface area contributed by atoms with Gasteiger partial charge in [0, 0.05) is 43.4 Å². The van der Waals surface area contributed by atoms with Crippen LogP contribution in [0.15, 0.2) is 47.7 Å². The van der Waals surface area contributed by atoms with Crippen LogP contribution in [0.1, 0.15) is 11.1 Å². The van der Waals surface area contributed by atoms with Gasteiger partial charge in [0.15, 0.2) is 5.96 Å². The summed E-state index contributed by atoms with van der Waals surface area (Å²) in [5, 5.41) is 7.96. The summed E-state index contributed by atoms with van der Waals surface area (Å²) < 4.78 is 13.4. The topological polar surface area (TPSA) is 65.1 Å². The van der Waals surface area contributed by atoms with E-state index in [1.165, 1.54) is 6.07 Å². The van der Waals surface area contributed by atoms with E-state index in [0.29, 0.717) is 11.7 Å². The van der Waals surface area contributed by atoms with Crippen LogP contribution in [0.25, 0.3) is 10.9 Å². The van der Waals surface area contributed by atoms with Crippen molar-refractivity contribution in [2.75, 3.05) is 20.1 Å². The molecule has 0 fully saturated rings. The van der Waals surface area contributed by atoms with Gasteiger partial charge in [-0.1, -0.05) is 17.7 Å². The molecule has 0 aliphatic carbocycles. The standard InChI is InChI=1S/C19H21ClFN5/c1-22-19(23-8-6-13-2-5-18(20)26-11-13)24-9-7-14-12-25-17-4-3-15(21)10-16(14)17/h2-5,10-12,25H,6-9H2,1H3,(H2,22,23,24). The predicted molar refractivity (Wildman–Crippen MR) is 104 cm³/mol. The van der Waals surface area contributed by atoms with Crippen LogP contribution in [-0.2, 0) is 12.8 Å². The van der Waals surface area contributed by atoms with E-state index in [4.69, 9.17) is 11.6 Å². The molecule has 0 saturated heterocycles. The van der Waals surface area contributed by atoms with Crippen LogP contribution < -0.4 is 10.6 Å². The van der Waals surface area contributed by atoms with Gasteiger partial charge in [-0.05, 0) is 48.2 Å². The Morgan fingerprint density at radius 2 is 2.00 bits per heavy atom. The van der Waals surface area contributed by atoms with Crippen molar-refractivity contribution in [1.82, 2.24) is 20.6 Å². The number of fused-ring (bicyclic) bond motifs is 1. The van der Waals surface area contributed by atoms with Gasteiger partial charge in [0.05, 0.1) is 0 Å². The van der Waals surface area contributed by atoms with Gasteiger partial charge in [0.1, 0.15) is 11.0 Å². The van der Waals surface area contributed by atoms with Crippen LogP contribution in [0.5, 0.6) is 0 Å². The first-order valence-electron chi connectivity index (χ1n) is 8.46. The van der Waals surface area contributed by atoms with Crippen molar-refractivity contribution in [2.24, 2.45) is 4.99 Å². The van der Waals surface area contributed by atoms with Crippen LogP contribution >= 0.6 is 11.6 Å². The number of aliphatic imine (C=N–C) groups is 1. The molecule has 3 rings (SSSR count). The largest absolute Gasteiger partial charge is 0.361 e. The Morgan fingerprint density at radius 3 is 2.73 bits per heavy atom. The quantitative estimate of drug-likeness (QED) is 0.353. The second kappa shape index (κ2) is 8.67. The highest BCUT2D eigenvalue weighted by Crippen LogP contribution is 2.19. The zero-order valence-corrected chi connectivity index (χ0v) is 15.3. The third kappa shape index (κ3) is 4.73. The molecule has 2 heterocycles. The zero-order valence-electron chi connectivity index (χ0n) is 14.5. The number of halogens is 2. The summed E-state index contributed by atoms with van der Waals surface area (Å²) in [5.74, 6) is 0.512. The molecule has 3 aromatic rings. The maximum atomic E-state index is 13.4. The number of guanidine groups is 1. The fraction of sp³-hybridized carbons (Fsp3) is 0.263. The molecule has 0 aliphatic rings. The molecule has 136 valence electrons. The van der Waals surface area contributed by atoms with Crippen molar-refractivity contribution >= 4 is 28.5 Å². The Bertz CT molecular complexity index is 889. The minimum Gasteiger partial charge on any atom is -0.361 e. The first-order chi connectivity index (χ1) is 12.7. The average molecular weight is 374 g/mol. The smallest absolute Gasteiger partial charge is 0.190 e. The number of hydrogen-bond donors (Lipinski definition) is 3. The summed E-state index contributed by atoms with van der Waals surface area (Å²) in [4.78, 5) is 11.5. The second-order valence-corrected chi connectivity index (χ2v) is 6.31. The van der Waals surface area contributed by atoms with Gasteiger partial charge in [-0.25, -0.2) is 9.37 Å². The molecular weight excluding hydrogens is 353 g/mol. The lowest BCUT2D eigenvalue weighted by molar-refractivity contribution is 0.629. The minimum absolute atomic E-state index is 0.222. The molecule has 1 aromatic carbocycles. The molecule has 0 aliphatic heterocycles. The van der Waals surface area contributed by atoms with E-state index < -0.39 is 0 Å². The summed E-state index contributed by atoms with van der Waals surface area (Å²) in [6.07, 6.45) is 5.30. The summed E-state index contributed by atoms with van der Waals surface area (Å²) in [7, 11) is 1.74. The first kappa shape index (κ1) is 18.2. The number of benzene rings is 1. The molecule has 3 N–H and O–H groups in total. The third-order valence-corrected chi connectivity index (χ3v) is 4.36. The molecule has 5 nitrogen and oxygen atoms in total. The van der Waals surface area contributed by atoms with Gasteiger partial charge in [-0.15, -0.1) is 0 Å². The number of nitrogens with zero attached hydrogens (tertiary/aromatic N) is 2. The molecule has 0 radical (unpaired) electrons. The summed E-state index contributed by atoms with van der Waals surface area (Å²) in [6.45, 7) is 1.44. The van der Waals surface area contributed by atoms with Crippen molar-refractivity contribution in [3.63, 3.8) is 0 Å². The van der Waals surface area contributed by atoms with Crippen molar-refractivity contribution in [3.8, 4) is 0 Å². The maximum Gasteiger partial charge on any atom is 0.190 e. The van der Waals surface area contributed by atoms with E-state index in [0.717, 1.165) is 47.4 Å². The average Bonchev–Trinajstić information content (AvgIpc) is 3.04. The molecule has 0 amide bonds. The van der Waals surface area contributed by atoms with Gasteiger partial charge >= 0.3 is 0 Å². The van der Waals surface area contributed by atoms with Gasteiger partial charge in [-0.3, -0.25) is 4.99 Å². The molecule has 0 atom stereocenters. The van der Waals surface area contributed by atoms with Crippen LogP contribution in [0, 0.1) is 5.82 Å². The fourth-order valence-corrected chi connectivity index (χ4v) is 2.89. The number of hydrogen-bond acceptors (Lipinski definition) is 2.